The van der Waals surface area contributed by atoms with Crippen molar-refractivity contribution in [2.24, 2.45) is 11.3 Å². The smallest absolute Gasteiger partial charge is 0.116 e. The molecular formula is C30H29NO. The van der Waals surface area contributed by atoms with Gasteiger partial charge in [-0.1, -0.05) is 92.7 Å². The molecular weight excluding hydrogens is 390 g/mol. The van der Waals surface area contributed by atoms with Crippen LogP contribution < -0.4 is 0 Å². The summed E-state index contributed by atoms with van der Waals surface area (Å²) in [6.07, 6.45) is 10.0. The zero-order valence-corrected chi connectivity index (χ0v) is 18.7. The number of aromatic nitrogens is 1. The predicted molar refractivity (Wildman–Crippen MR) is 134 cm³/mol. The van der Waals surface area contributed by atoms with Gasteiger partial charge in [0.25, 0.3) is 0 Å². The Balaban J connectivity index is 1.51. The van der Waals surface area contributed by atoms with Crippen LogP contribution in [-0.4, -0.2) is 9.67 Å². The molecule has 2 heteroatoms. The van der Waals surface area contributed by atoms with E-state index in [0.29, 0.717) is 11.7 Å². The summed E-state index contributed by atoms with van der Waals surface area (Å²) in [7, 11) is 0. The molecule has 1 unspecified atom stereocenters. The fraction of sp³-hybridized carbons (Fsp3) is 0.200. The number of rotatable bonds is 5. The van der Waals surface area contributed by atoms with E-state index in [-0.39, 0.29) is 5.41 Å². The van der Waals surface area contributed by atoms with Crippen LogP contribution in [0.1, 0.15) is 30.5 Å². The predicted octanol–water partition coefficient (Wildman–Crippen LogP) is 7.23. The van der Waals surface area contributed by atoms with Gasteiger partial charge in [-0.05, 0) is 58.2 Å². The van der Waals surface area contributed by atoms with Crippen molar-refractivity contribution in [2.45, 2.75) is 26.8 Å². The van der Waals surface area contributed by atoms with Crippen LogP contribution in [-0.2, 0) is 13.0 Å². The van der Waals surface area contributed by atoms with E-state index in [0.717, 1.165) is 23.9 Å². The number of nitrogens with zero attached hydrogens (tertiary/aromatic N) is 1. The van der Waals surface area contributed by atoms with Gasteiger partial charge in [-0.25, -0.2) is 0 Å². The summed E-state index contributed by atoms with van der Waals surface area (Å²) in [4.78, 5) is 0. The Morgan fingerprint density at radius 3 is 2.38 bits per heavy atom. The van der Waals surface area contributed by atoms with Crippen molar-refractivity contribution in [3.63, 3.8) is 0 Å². The third kappa shape index (κ3) is 3.78. The Bertz CT molecular complexity index is 1290. The molecule has 1 aliphatic carbocycles. The monoisotopic (exact) mass is 419 g/mol. The van der Waals surface area contributed by atoms with Gasteiger partial charge in [0.2, 0.25) is 0 Å². The van der Waals surface area contributed by atoms with Gasteiger partial charge in [-0.2, -0.15) is 0 Å². The third-order valence-corrected chi connectivity index (χ3v) is 6.90. The van der Waals surface area contributed by atoms with Crippen LogP contribution in [0.5, 0.6) is 5.75 Å². The first-order valence-corrected chi connectivity index (χ1v) is 11.3. The minimum atomic E-state index is 0.000776. The van der Waals surface area contributed by atoms with Crippen molar-refractivity contribution >= 4 is 16.5 Å². The molecule has 3 aromatic carbocycles. The standard InChI is InChI=1S/C30H29NO/c1-30(2)25(14-9-15-28(30)23-12-7-4-8-13-23)18-24-21-31(20-22-10-5-3-6-11-22)29-17-16-26(32)19-27(24)29/h3-17,19,21,25,32H,18,20H2,1-2H3. The number of hydrogen-bond donors (Lipinski definition) is 1. The van der Waals surface area contributed by atoms with Crippen molar-refractivity contribution in [1.82, 2.24) is 4.57 Å². The Kier molecular flexibility index (Phi) is 5.22. The molecule has 2 nitrogen and oxygen atoms in total. The highest BCUT2D eigenvalue weighted by Crippen LogP contribution is 2.46. The molecule has 0 spiro atoms. The van der Waals surface area contributed by atoms with E-state index in [1.54, 1.807) is 6.07 Å². The van der Waals surface area contributed by atoms with E-state index in [4.69, 9.17) is 0 Å². The van der Waals surface area contributed by atoms with Gasteiger partial charge in [-0.3, -0.25) is 0 Å². The molecule has 160 valence electrons. The lowest BCUT2D eigenvalue weighted by atomic mass is 9.66. The average molecular weight is 420 g/mol. The fourth-order valence-electron chi connectivity index (χ4n) is 5.02. The van der Waals surface area contributed by atoms with E-state index in [1.807, 2.05) is 12.1 Å². The molecule has 0 saturated carbocycles. The molecule has 0 fully saturated rings. The van der Waals surface area contributed by atoms with E-state index < -0.39 is 0 Å². The van der Waals surface area contributed by atoms with Crippen molar-refractivity contribution in [3.05, 3.63) is 120 Å². The summed E-state index contributed by atoms with van der Waals surface area (Å²) >= 11 is 0. The van der Waals surface area contributed by atoms with Gasteiger partial charge in [0, 0.05) is 23.6 Å². The molecule has 0 saturated heterocycles. The molecule has 1 aromatic heterocycles. The first kappa shape index (κ1) is 20.4. The molecule has 5 rings (SSSR count). The molecule has 1 heterocycles. The van der Waals surface area contributed by atoms with Crippen LogP contribution in [0.4, 0.5) is 0 Å². The van der Waals surface area contributed by atoms with E-state index >= 15 is 0 Å². The average Bonchev–Trinajstić information content (AvgIpc) is 3.12. The largest absolute Gasteiger partial charge is 0.508 e. The van der Waals surface area contributed by atoms with E-state index in [1.165, 1.54) is 22.3 Å². The van der Waals surface area contributed by atoms with Crippen LogP contribution in [0.3, 0.4) is 0 Å². The zero-order chi connectivity index (χ0) is 22.1. The number of allylic oxidation sites excluding steroid dienone is 4. The molecule has 4 aromatic rings. The maximum absolute atomic E-state index is 10.2. The minimum Gasteiger partial charge on any atom is -0.508 e. The lowest BCUT2D eigenvalue weighted by Gasteiger charge is -2.37. The van der Waals surface area contributed by atoms with E-state index in [2.05, 4.69) is 104 Å². The van der Waals surface area contributed by atoms with Crippen LogP contribution in [0, 0.1) is 11.3 Å². The van der Waals surface area contributed by atoms with Crippen LogP contribution in [0.15, 0.2) is 103 Å². The van der Waals surface area contributed by atoms with Gasteiger partial charge < -0.3 is 9.67 Å². The highest BCUT2D eigenvalue weighted by atomic mass is 16.3. The molecule has 0 bridgehead atoms. The summed E-state index contributed by atoms with van der Waals surface area (Å²) in [5.41, 5.74) is 6.39. The third-order valence-electron chi connectivity index (χ3n) is 6.90. The maximum atomic E-state index is 10.2. The minimum absolute atomic E-state index is 0.000776. The number of aromatic hydroxyl groups is 1. The maximum Gasteiger partial charge on any atom is 0.116 e. The van der Waals surface area contributed by atoms with Gasteiger partial charge in [0.15, 0.2) is 0 Å². The van der Waals surface area contributed by atoms with Gasteiger partial charge in [0.05, 0.1) is 0 Å². The summed E-state index contributed by atoms with van der Waals surface area (Å²) in [6, 6.07) is 27.0. The summed E-state index contributed by atoms with van der Waals surface area (Å²) < 4.78 is 2.31. The van der Waals surface area contributed by atoms with Gasteiger partial charge in [0.1, 0.15) is 5.75 Å². The normalized spacial score (nSPS) is 17.4. The Morgan fingerprint density at radius 2 is 1.62 bits per heavy atom. The summed E-state index contributed by atoms with van der Waals surface area (Å²) in [6.45, 7) is 5.52. The Labute approximate surface area is 190 Å². The first-order valence-electron chi connectivity index (χ1n) is 11.3. The van der Waals surface area contributed by atoms with Crippen LogP contribution in [0.2, 0.25) is 0 Å². The lowest BCUT2D eigenvalue weighted by Crippen LogP contribution is -2.27. The molecule has 1 aliphatic rings. The molecule has 0 amide bonds. The number of fused-ring (bicyclic) bond motifs is 1. The van der Waals surface area contributed by atoms with Crippen molar-refractivity contribution in [3.8, 4) is 5.75 Å². The Hall–Kier alpha value is -3.52. The van der Waals surface area contributed by atoms with Gasteiger partial charge >= 0.3 is 0 Å². The van der Waals surface area contributed by atoms with Crippen LogP contribution in [0.25, 0.3) is 16.5 Å². The first-order chi connectivity index (χ1) is 15.5. The molecule has 1 atom stereocenters. The van der Waals surface area contributed by atoms with Gasteiger partial charge in [-0.15, -0.1) is 0 Å². The zero-order valence-electron chi connectivity index (χ0n) is 18.7. The summed E-state index contributed by atoms with van der Waals surface area (Å²) in [5, 5.41) is 11.4. The van der Waals surface area contributed by atoms with E-state index in [9.17, 15) is 5.11 Å². The highest BCUT2D eigenvalue weighted by molar-refractivity contribution is 5.85. The second-order valence-corrected chi connectivity index (χ2v) is 9.33. The summed E-state index contributed by atoms with van der Waals surface area (Å²) in [5.74, 6) is 0.681. The highest BCUT2D eigenvalue weighted by Gasteiger charge is 2.34. The SMILES string of the molecule is CC1(C)C(c2ccccc2)=CC=CC1Cc1cn(Cc2ccccc2)c2ccc(O)cc12. The number of phenolic OH excluding ortho intramolecular Hbond substituents is 1. The number of phenols is 1. The second-order valence-electron chi connectivity index (χ2n) is 9.33. The number of benzene rings is 3. The molecule has 32 heavy (non-hydrogen) atoms. The van der Waals surface area contributed by atoms with Crippen LogP contribution >= 0.6 is 0 Å². The molecule has 1 N–H and O–H groups in total. The van der Waals surface area contributed by atoms with Crippen molar-refractivity contribution < 1.29 is 5.11 Å². The Morgan fingerprint density at radius 1 is 0.906 bits per heavy atom. The quantitative estimate of drug-likeness (QED) is 0.362. The fourth-order valence-corrected chi connectivity index (χ4v) is 5.02. The second kappa shape index (κ2) is 8.20. The van der Waals surface area contributed by atoms with Crippen molar-refractivity contribution in [1.29, 1.82) is 0 Å². The molecule has 0 aliphatic heterocycles. The molecule has 0 radical (unpaired) electrons. The number of hydrogen-bond acceptors (Lipinski definition) is 1. The van der Waals surface area contributed by atoms with Crippen molar-refractivity contribution in [2.75, 3.05) is 0 Å². The topological polar surface area (TPSA) is 25.2 Å². The lowest BCUT2D eigenvalue weighted by molar-refractivity contribution is 0.353.